The molecular weight excluding hydrogens is 251 g/mol. The van der Waals surface area contributed by atoms with Gasteiger partial charge in [0.25, 0.3) is 0 Å². The van der Waals surface area contributed by atoms with Crippen LogP contribution in [0.15, 0.2) is 59.7 Å². The highest BCUT2D eigenvalue weighted by molar-refractivity contribution is 5.89. The zero-order chi connectivity index (χ0) is 13.9. The molecule has 1 aromatic heterocycles. The van der Waals surface area contributed by atoms with Gasteiger partial charge in [-0.3, -0.25) is 9.98 Å². The van der Waals surface area contributed by atoms with Crippen molar-refractivity contribution in [3.05, 3.63) is 71.7 Å². The van der Waals surface area contributed by atoms with Gasteiger partial charge in [0.05, 0.1) is 11.2 Å². The SMILES string of the molecule is Cc1ccc(F)cc1N=Cc1ccc2ncccc2c1. The van der Waals surface area contributed by atoms with Crippen molar-refractivity contribution in [2.75, 3.05) is 0 Å². The number of benzene rings is 2. The normalized spacial score (nSPS) is 11.3. The van der Waals surface area contributed by atoms with Crippen molar-refractivity contribution in [1.82, 2.24) is 4.98 Å². The number of aryl methyl sites for hydroxylation is 1. The number of halogens is 1. The monoisotopic (exact) mass is 264 g/mol. The first-order valence-electron chi connectivity index (χ1n) is 6.37. The minimum atomic E-state index is -0.273. The zero-order valence-corrected chi connectivity index (χ0v) is 11.0. The molecule has 0 aliphatic heterocycles. The Morgan fingerprint density at radius 3 is 2.90 bits per heavy atom. The molecule has 0 N–H and O–H groups in total. The second kappa shape index (κ2) is 5.21. The van der Waals surface area contributed by atoms with Crippen LogP contribution in [0.4, 0.5) is 10.1 Å². The molecule has 1 heterocycles. The fraction of sp³-hybridized carbons (Fsp3) is 0.0588. The summed E-state index contributed by atoms with van der Waals surface area (Å²) in [6.45, 7) is 1.91. The fourth-order valence-corrected chi connectivity index (χ4v) is 2.04. The van der Waals surface area contributed by atoms with Gasteiger partial charge in [-0.1, -0.05) is 18.2 Å². The minimum Gasteiger partial charge on any atom is -0.256 e. The van der Waals surface area contributed by atoms with Crippen LogP contribution in [-0.2, 0) is 0 Å². The maximum atomic E-state index is 13.2. The molecule has 0 aliphatic carbocycles. The summed E-state index contributed by atoms with van der Waals surface area (Å²) in [6, 6.07) is 14.4. The lowest BCUT2D eigenvalue weighted by molar-refractivity contribution is 0.628. The molecule has 3 rings (SSSR count). The lowest BCUT2D eigenvalue weighted by Gasteiger charge is -2.01. The van der Waals surface area contributed by atoms with Crippen LogP contribution in [0, 0.1) is 12.7 Å². The van der Waals surface area contributed by atoms with E-state index < -0.39 is 0 Å². The van der Waals surface area contributed by atoms with Crippen LogP contribution in [0.1, 0.15) is 11.1 Å². The van der Waals surface area contributed by atoms with Crippen molar-refractivity contribution in [2.24, 2.45) is 4.99 Å². The number of hydrogen-bond donors (Lipinski definition) is 0. The summed E-state index contributed by atoms with van der Waals surface area (Å²) in [4.78, 5) is 8.63. The minimum absolute atomic E-state index is 0.273. The number of aliphatic imine (C=N–C) groups is 1. The first kappa shape index (κ1) is 12.5. The van der Waals surface area contributed by atoms with Gasteiger partial charge in [0.1, 0.15) is 5.82 Å². The Balaban J connectivity index is 1.96. The molecule has 0 spiro atoms. The third-order valence-electron chi connectivity index (χ3n) is 3.15. The first-order chi connectivity index (χ1) is 9.72. The Morgan fingerprint density at radius 2 is 2.00 bits per heavy atom. The number of nitrogens with zero attached hydrogens (tertiary/aromatic N) is 2. The molecule has 3 heteroatoms. The number of rotatable bonds is 2. The predicted octanol–water partition coefficient (Wildman–Crippen LogP) is 4.43. The third-order valence-corrected chi connectivity index (χ3v) is 3.15. The second-order valence-corrected chi connectivity index (χ2v) is 4.64. The number of fused-ring (bicyclic) bond motifs is 1. The Hall–Kier alpha value is -2.55. The highest BCUT2D eigenvalue weighted by Gasteiger charge is 1.98. The summed E-state index contributed by atoms with van der Waals surface area (Å²) in [5.41, 5.74) is 3.52. The average Bonchev–Trinajstić information content (AvgIpc) is 2.48. The third kappa shape index (κ3) is 2.57. The van der Waals surface area contributed by atoms with Gasteiger partial charge in [-0.05, 0) is 48.4 Å². The van der Waals surface area contributed by atoms with Crippen LogP contribution < -0.4 is 0 Å². The van der Waals surface area contributed by atoms with Crippen LogP contribution in [0.5, 0.6) is 0 Å². The molecule has 20 heavy (non-hydrogen) atoms. The molecule has 98 valence electrons. The van der Waals surface area contributed by atoms with E-state index in [1.54, 1.807) is 18.5 Å². The molecule has 0 fully saturated rings. The topological polar surface area (TPSA) is 25.2 Å². The highest BCUT2D eigenvalue weighted by Crippen LogP contribution is 2.20. The molecule has 0 unspecified atom stereocenters. The number of pyridine rings is 1. The predicted molar refractivity (Wildman–Crippen MR) is 80.1 cm³/mol. The van der Waals surface area contributed by atoms with Gasteiger partial charge in [0.15, 0.2) is 0 Å². The zero-order valence-electron chi connectivity index (χ0n) is 11.0. The Kier molecular flexibility index (Phi) is 3.25. The average molecular weight is 264 g/mol. The molecule has 0 bridgehead atoms. The van der Waals surface area contributed by atoms with E-state index in [-0.39, 0.29) is 5.82 Å². The van der Waals surface area contributed by atoms with E-state index in [1.165, 1.54) is 12.1 Å². The molecule has 0 radical (unpaired) electrons. The molecule has 0 saturated carbocycles. The van der Waals surface area contributed by atoms with E-state index >= 15 is 0 Å². The lowest BCUT2D eigenvalue weighted by Crippen LogP contribution is -1.84. The van der Waals surface area contributed by atoms with Crippen molar-refractivity contribution in [3.63, 3.8) is 0 Å². The molecule has 2 aromatic carbocycles. The van der Waals surface area contributed by atoms with Gasteiger partial charge < -0.3 is 0 Å². The van der Waals surface area contributed by atoms with Crippen molar-refractivity contribution in [1.29, 1.82) is 0 Å². The Morgan fingerprint density at radius 1 is 1.10 bits per heavy atom. The molecule has 0 atom stereocenters. The van der Waals surface area contributed by atoms with Crippen LogP contribution in [-0.4, -0.2) is 11.2 Å². The summed E-state index contributed by atoms with van der Waals surface area (Å²) in [5.74, 6) is -0.273. The van der Waals surface area contributed by atoms with Crippen LogP contribution in [0.2, 0.25) is 0 Å². The largest absolute Gasteiger partial charge is 0.256 e. The molecule has 3 aromatic rings. The summed E-state index contributed by atoms with van der Waals surface area (Å²) < 4.78 is 13.2. The van der Waals surface area contributed by atoms with Crippen LogP contribution in [0.3, 0.4) is 0 Å². The highest BCUT2D eigenvalue weighted by atomic mass is 19.1. The smallest absolute Gasteiger partial charge is 0.125 e. The van der Waals surface area contributed by atoms with Gasteiger partial charge in [0.2, 0.25) is 0 Å². The summed E-state index contributed by atoms with van der Waals surface area (Å²) in [7, 11) is 0. The first-order valence-corrected chi connectivity index (χ1v) is 6.37. The van der Waals surface area contributed by atoms with Gasteiger partial charge >= 0.3 is 0 Å². The van der Waals surface area contributed by atoms with Crippen molar-refractivity contribution >= 4 is 22.8 Å². The summed E-state index contributed by atoms with van der Waals surface area (Å²) in [5, 5.41) is 1.06. The van der Waals surface area contributed by atoms with Crippen LogP contribution >= 0.6 is 0 Å². The van der Waals surface area contributed by atoms with Gasteiger partial charge in [0, 0.05) is 17.8 Å². The maximum absolute atomic E-state index is 13.2. The van der Waals surface area contributed by atoms with Crippen molar-refractivity contribution in [2.45, 2.75) is 6.92 Å². The lowest BCUT2D eigenvalue weighted by atomic mass is 10.1. The molecule has 0 aliphatic rings. The molecular formula is C17H13FN2. The van der Waals surface area contributed by atoms with E-state index in [2.05, 4.69) is 9.98 Å². The van der Waals surface area contributed by atoms with E-state index in [0.717, 1.165) is 22.0 Å². The van der Waals surface area contributed by atoms with E-state index in [1.807, 2.05) is 37.3 Å². The van der Waals surface area contributed by atoms with Crippen LogP contribution in [0.25, 0.3) is 10.9 Å². The number of hydrogen-bond acceptors (Lipinski definition) is 2. The summed E-state index contributed by atoms with van der Waals surface area (Å²) in [6.07, 6.45) is 3.51. The van der Waals surface area contributed by atoms with E-state index in [4.69, 9.17) is 0 Å². The fourth-order valence-electron chi connectivity index (χ4n) is 2.04. The molecule has 2 nitrogen and oxygen atoms in total. The van der Waals surface area contributed by atoms with E-state index in [9.17, 15) is 4.39 Å². The van der Waals surface area contributed by atoms with Crippen molar-refractivity contribution < 1.29 is 4.39 Å². The van der Waals surface area contributed by atoms with Gasteiger partial charge in [-0.2, -0.15) is 0 Å². The molecule has 0 saturated heterocycles. The Labute approximate surface area is 116 Å². The van der Waals surface area contributed by atoms with E-state index in [0.29, 0.717) is 5.69 Å². The summed E-state index contributed by atoms with van der Waals surface area (Å²) >= 11 is 0. The van der Waals surface area contributed by atoms with Crippen molar-refractivity contribution in [3.8, 4) is 0 Å². The molecule has 0 amide bonds. The maximum Gasteiger partial charge on any atom is 0.125 e. The van der Waals surface area contributed by atoms with Gasteiger partial charge in [-0.25, -0.2) is 4.39 Å². The Bertz CT molecular complexity index is 794. The second-order valence-electron chi connectivity index (χ2n) is 4.64. The standard InChI is InChI=1S/C17H13FN2/c1-12-4-6-15(18)10-17(12)20-11-13-5-7-16-14(9-13)3-2-8-19-16/h2-11H,1H3. The number of aromatic nitrogens is 1. The quantitative estimate of drug-likeness (QED) is 0.628. The van der Waals surface area contributed by atoms with Gasteiger partial charge in [-0.15, -0.1) is 0 Å².